The Labute approximate surface area is 781 Å². The van der Waals surface area contributed by atoms with E-state index >= 15 is 0 Å². The molecule has 4 unspecified atom stereocenters. The Morgan fingerprint density at radius 2 is 0.537 bits per heavy atom. The average molecular weight is 1700 g/mol. The van der Waals surface area contributed by atoms with Crippen LogP contribution in [0.1, 0.15) is 113 Å². The Morgan fingerprint density at radius 3 is 1.19 bits per heavy atom. The fourth-order valence-corrected chi connectivity index (χ4v) is 24.3. The molecule has 0 heterocycles. The van der Waals surface area contributed by atoms with Crippen LogP contribution in [-0.4, -0.2) is 0 Å². The number of fused-ring (bicyclic) bond motifs is 28. The summed E-state index contributed by atoms with van der Waals surface area (Å²) in [6.07, 6.45) is 1.99. The van der Waals surface area contributed by atoms with Crippen molar-refractivity contribution in [3.63, 3.8) is 0 Å². The van der Waals surface area contributed by atoms with Gasteiger partial charge in [0.05, 0.1) is 0 Å². The Hall–Kier alpha value is -16.6. The first kappa shape index (κ1) is 77.3. The zero-order chi connectivity index (χ0) is 88.0. The molecule has 0 N–H and O–H groups in total. The molecule has 6 aliphatic carbocycles. The van der Waals surface area contributed by atoms with Crippen LogP contribution in [0.15, 0.2) is 485 Å². The van der Waals surface area contributed by atoms with Gasteiger partial charge in [0.2, 0.25) is 0 Å². The Balaban J connectivity index is 0.000000103. The zero-order valence-corrected chi connectivity index (χ0v) is 73.9. The van der Waals surface area contributed by atoms with E-state index in [1.165, 1.54) is 265 Å². The van der Waals surface area contributed by atoms with E-state index in [-0.39, 0.29) is 23.7 Å². The second-order valence-corrected chi connectivity index (χ2v) is 37.2. The summed E-state index contributed by atoms with van der Waals surface area (Å²) in [6.45, 7) is 0. The first-order valence-electron chi connectivity index (χ1n) is 47.4. The van der Waals surface area contributed by atoms with Gasteiger partial charge in [-0.1, -0.05) is 449 Å². The first-order valence-corrected chi connectivity index (χ1v) is 47.4. The smallest absolute Gasteiger partial charge is 0.0358 e. The van der Waals surface area contributed by atoms with Crippen molar-refractivity contribution in [3.8, 4) is 122 Å². The van der Waals surface area contributed by atoms with E-state index in [0.717, 1.165) is 12.8 Å². The normalized spacial score (nSPS) is 14.8. The molecule has 624 valence electrons. The summed E-state index contributed by atoms with van der Waals surface area (Å²) in [5, 5.41) is 13.1. The lowest BCUT2D eigenvalue weighted by atomic mass is 9.81. The summed E-state index contributed by atoms with van der Waals surface area (Å²) in [7, 11) is 0. The molecule has 134 heavy (non-hydrogen) atoms. The van der Waals surface area contributed by atoms with E-state index in [9.17, 15) is 0 Å². The van der Waals surface area contributed by atoms with Crippen molar-refractivity contribution in [1.29, 1.82) is 0 Å². The number of rotatable bonds is 9. The molecule has 0 aromatic heterocycles. The molecule has 0 radical (unpaired) electrons. The van der Waals surface area contributed by atoms with Gasteiger partial charge in [-0.25, -0.2) is 0 Å². The van der Waals surface area contributed by atoms with E-state index in [1.54, 1.807) is 0 Å². The molecule has 23 aromatic carbocycles. The van der Waals surface area contributed by atoms with Crippen LogP contribution in [-0.2, 0) is 12.8 Å². The highest BCUT2D eigenvalue weighted by molar-refractivity contribution is 6.13. The van der Waals surface area contributed by atoms with Crippen LogP contribution in [0.5, 0.6) is 0 Å². The Morgan fingerprint density at radius 1 is 0.142 bits per heavy atom. The van der Waals surface area contributed by atoms with E-state index in [0.29, 0.717) is 0 Å². The van der Waals surface area contributed by atoms with Gasteiger partial charge in [0.1, 0.15) is 0 Å². The van der Waals surface area contributed by atoms with Crippen molar-refractivity contribution in [2.75, 3.05) is 0 Å². The molecule has 0 saturated heterocycles. The highest BCUT2D eigenvalue weighted by Gasteiger charge is 2.41. The summed E-state index contributed by atoms with van der Waals surface area (Å²) >= 11 is 0. The van der Waals surface area contributed by atoms with Gasteiger partial charge in [-0.3, -0.25) is 0 Å². The largest absolute Gasteiger partial charge is 0.0622 e. The Bertz CT molecular complexity index is 8730. The molecule has 0 saturated carbocycles. The van der Waals surface area contributed by atoms with E-state index < -0.39 is 0 Å². The van der Waals surface area contributed by atoms with Crippen molar-refractivity contribution < 1.29 is 0 Å². The molecule has 0 heteroatoms. The molecule has 23 aromatic rings. The topological polar surface area (TPSA) is 0 Å². The summed E-state index contributed by atoms with van der Waals surface area (Å²) in [5.41, 5.74) is 51.9. The third-order valence-electron chi connectivity index (χ3n) is 30.2. The Kier molecular flexibility index (Phi) is 18.2. The monoisotopic (exact) mass is 1700 g/mol. The molecule has 0 aliphatic heterocycles. The number of hydrogen-bond donors (Lipinski definition) is 0. The molecule has 0 nitrogen and oxygen atoms in total. The molecule has 0 spiro atoms. The van der Waals surface area contributed by atoms with Gasteiger partial charge >= 0.3 is 0 Å². The second kappa shape index (κ2) is 31.6. The lowest BCUT2D eigenvalue weighted by molar-refractivity contribution is 0.995. The maximum atomic E-state index is 2.47. The minimum atomic E-state index is 0.143. The quantitative estimate of drug-likeness (QED) is 0.135. The van der Waals surface area contributed by atoms with Gasteiger partial charge in [-0.05, 0) is 315 Å². The molecule has 0 amide bonds. The predicted octanol–water partition coefficient (Wildman–Crippen LogP) is 34.9. The van der Waals surface area contributed by atoms with Gasteiger partial charge < -0.3 is 0 Å². The molecule has 29 rings (SSSR count). The van der Waals surface area contributed by atoms with Crippen molar-refractivity contribution in [3.05, 3.63) is 574 Å². The SMILES string of the molecule is c1ccc(-c2cc(C3c4ccccc4-c4c3c3c(c5ccccc45)-c4ccccc4C3)cc3ccccc23)cc1.c1ccc(-c2cc3ccccc3cc2C2c3ccccc3-c3cc(-c4ccc5c(c4)-c4c(ccc6ccccc46)C5c4ccccc4)ccc32)cc1.c1ccc(-c2ccc(-c3cc(C4c5ccccc5-c5c4ccc4c5Cc5ccccc5-4)cc4ccccc34)cc2)cc1. The molecule has 0 bridgehead atoms. The van der Waals surface area contributed by atoms with Crippen LogP contribution in [0, 0.1) is 0 Å². The van der Waals surface area contributed by atoms with Crippen molar-refractivity contribution in [1.82, 2.24) is 0 Å². The van der Waals surface area contributed by atoms with Crippen molar-refractivity contribution >= 4 is 53.9 Å². The third-order valence-corrected chi connectivity index (χ3v) is 30.2. The van der Waals surface area contributed by atoms with Crippen LogP contribution >= 0.6 is 0 Å². The zero-order valence-electron chi connectivity index (χ0n) is 73.9. The summed E-state index contributed by atoms with van der Waals surface area (Å²) < 4.78 is 0. The highest BCUT2D eigenvalue weighted by atomic mass is 14.4. The van der Waals surface area contributed by atoms with Crippen molar-refractivity contribution in [2.45, 2.75) is 36.5 Å². The number of benzene rings is 23. The fraction of sp³-hybridized carbons (Fsp3) is 0.0448. The van der Waals surface area contributed by atoms with Crippen LogP contribution in [0.2, 0.25) is 0 Å². The fourth-order valence-electron chi connectivity index (χ4n) is 24.3. The maximum Gasteiger partial charge on any atom is 0.0358 e. The summed E-state index contributed by atoms with van der Waals surface area (Å²) in [6, 6.07) is 181. The van der Waals surface area contributed by atoms with E-state index in [1.807, 2.05) is 0 Å². The predicted molar refractivity (Wildman–Crippen MR) is 562 cm³/mol. The van der Waals surface area contributed by atoms with Crippen LogP contribution in [0.25, 0.3) is 176 Å². The lowest BCUT2D eigenvalue weighted by Crippen LogP contribution is -2.04. The van der Waals surface area contributed by atoms with Gasteiger partial charge in [0.25, 0.3) is 0 Å². The molecular formula is C134H88. The molecule has 0 fully saturated rings. The highest BCUT2D eigenvalue weighted by Crippen LogP contribution is 2.61. The van der Waals surface area contributed by atoms with Crippen molar-refractivity contribution in [2.24, 2.45) is 0 Å². The summed E-state index contributed by atoms with van der Waals surface area (Å²) in [5.74, 6) is 0.756. The minimum absolute atomic E-state index is 0.143. The first-order chi connectivity index (χ1) is 66.5. The van der Waals surface area contributed by atoms with Crippen LogP contribution in [0.3, 0.4) is 0 Å². The van der Waals surface area contributed by atoms with Gasteiger partial charge in [0, 0.05) is 23.7 Å². The van der Waals surface area contributed by atoms with Gasteiger partial charge in [0.15, 0.2) is 0 Å². The van der Waals surface area contributed by atoms with Crippen LogP contribution in [0.4, 0.5) is 0 Å². The molecular weight excluding hydrogens is 1610 g/mol. The van der Waals surface area contributed by atoms with Crippen LogP contribution < -0.4 is 0 Å². The third kappa shape index (κ3) is 12.5. The standard InChI is InChI=1S/C52H34.C42H28.C40H26/c1-3-13-33(14-4-1)46-29-36-18-7-8-19-37(36)31-49(46)52-42-22-12-11-21-41(42)47-30-38(24-26-43(47)52)39-25-27-44-48(32-39)51-40-20-10-9-15-34(40)23-28-45(51)50(44)35-16-5-2-6-17-35;1-2-10-27(11-3-1)28-18-20-29(21-19-28)39-26-32(24-30-12-4-7-15-34(30)39)41-36-16-8-9-17-37(36)42-38(41)23-22-35-33-14-6-5-13-31(33)25-40(35)42;1-2-12-25(13-3-1)35-24-28(22-26-14-4-6-16-29(26)35)37-31-18-8-10-20-33(31)39-34-21-11-9-19-32(34)38-30-17-7-5-15-27(30)23-36(38)40(37)39/h1-32,50,52H;1-24,26,41H,25H2;1-22,24,37H,23H2. The average Bonchev–Trinajstić information content (AvgIpc) is 1.53. The maximum absolute atomic E-state index is 2.47. The minimum Gasteiger partial charge on any atom is -0.0622 e. The van der Waals surface area contributed by atoms with E-state index in [2.05, 4.69) is 485 Å². The van der Waals surface area contributed by atoms with Gasteiger partial charge in [-0.2, -0.15) is 0 Å². The molecule has 4 atom stereocenters. The lowest BCUT2D eigenvalue weighted by Gasteiger charge is -2.21. The molecule has 6 aliphatic rings. The van der Waals surface area contributed by atoms with E-state index in [4.69, 9.17) is 0 Å². The summed E-state index contributed by atoms with van der Waals surface area (Å²) in [4.78, 5) is 0. The van der Waals surface area contributed by atoms with Gasteiger partial charge in [-0.15, -0.1) is 0 Å². The second-order valence-electron chi connectivity index (χ2n) is 37.2. The number of hydrogen-bond acceptors (Lipinski definition) is 0.